The van der Waals surface area contributed by atoms with Gasteiger partial charge in [0.05, 0.1) is 18.5 Å². The Balaban J connectivity index is 1.72. The average molecular weight is 348 g/mol. The topological polar surface area (TPSA) is 80.0 Å². The van der Waals surface area contributed by atoms with E-state index in [0.717, 1.165) is 12.4 Å². The number of hydrogen-bond acceptors (Lipinski definition) is 5. The van der Waals surface area contributed by atoms with E-state index in [1.165, 1.54) is 12.3 Å². The highest BCUT2D eigenvalue weighted by Gasteiger charge is 2.17. The quantitative estimate of drug-likeness (QED) is 0.691. The molecule has 1 aromatic carbocycles. The zero-order valence-electron chi connectivity index (χ0n) is 12.6. The van der Waals surface area contributed by atoms with Gasteiger partial charge in [-0.1, -0.05) is 0 Å². The van der Waals surface area contributed by atoms with E-state index in [-0.39, 0.29) is 5.69 Å². The van der Waals surface area contributed by atoms with Crippen LogP contribution in [0.1, 0.15) is 16.2 Å². The van der Waals surface area contributed by atoms with E-state index < -0.39 is 29.0 Å². The molecule has 6 nitrogen and oxygen atoms in total. The summed E-state index contributed by atoms with van der Waals surface area (Å²) >= 11 is 0. The molecule has 3 rings (SSSR count). The Labute approximate surface area is 139 Å². The second kappa shape index (κ2) is 7.04. The van der Waals surface area contributed by atoms with Crippen molar-refractivity contribution >= 4 is 17.4 Å². The summed E-state index contributed by atoms with van der Waals surface area (Å²) in [5.41, 5.74) is -0.575. The van der Waals surface area contributed by atoms with E-state index in [4.69, 9.17) is 4.42 Å². The van der Waals surface area contributed by atoms with E-state index in [1.54, 1.807) is 12.1 Å². The van der Waals surface area contributed by atoms with Crippen LogP contribution >= 0.6 is 0 Å². The van der Waals surface area contributed by atoms with Crippen LogP contribution in [-0.4, -0.2) is 15.9 Å². The zero-order chi connectivity index (χ0) is 17.8. The zero-order valence-corrected chi connectivity index (χ0v) is 12.6. The van der Waals surface area contributed by atoms with E-state index in [1.807, 2.05) is 0 Å². The molecular weight excluding hydrogens is 337 g/mol. The van der Waals surface area contributed by atoms with E-state index >= 15 is 0 Å². The largest absolute Gasteiger partial charge is 0.467 e. The summed E-state index contributed by atoms with van der Waals surface area (Å²) in [6, 6.07) is 6.45. The normalized spacial score (nSPS) is 10.5. The Morgan fingerprint density at radius 2 is 1.96 bits per heavy atom. The molecule has 0 fully saturated rings. The van der Waals surface area contributed by atoms with Crippen LogP contribution < -0.4 is 10.6 Å². The molecular formula is C16H11F3N4O2. The first-order chi connectivity index (χ1) is 12.0. The van der Waals surface area contributed by atoms with Gasteiger partial charge in [0.25, 0.3) is 5.91 Å². The van der Waals surface area contributed by atoms with Crippen molar-refractivity contribution in [3.8, 4) is 0 Å². The lowest BCUT2D eigenvalue weighted by molar-refractivity contribution is 0.102. The van der Waals surface area contributed by atoms with E-state index in [2.05, 4.69) is 20.6 Å². The summed E-state index contributed by atoms with van der Waals surface area (Å²) < 4.78 is 44.9. The van der Waals surface area contributed by atoms with Gasteiger partial charge in [0.15, 0.2) is 17.5 Å². The smallest absolute Gasteiger partial charge is 0.274 e. The maximum absolute atomic E-state index is 13.6. The van der Waals surface area contributed by atoms with E-state index in [0.29, 0.717) is 24.2 Å². The van der Waals surface area contributed by atoms with Gasteiger partial charge in [-0.15, -0.1) is 0 Å². The van der Waals surface area contributed by atoms with Crippen molar-refractivity contribution in [2.45, 2.75) is 6.54 Å². The molecule has 0 spiro atoms. The standard InChI is InChI=1S/C16H11F3N4O2/c17-10-3-4-11(15(19)14(10)18)23-16(24)12-6-13(22-8-21-12)20-7-9-2-1-5-25-9/h1-6,8H,7H2,(H,23,24)(H,20,21,22). The van der Waals surface area contributed by atoms with Crippen LogP contribution in [0.5, 0.6) is 0 Å². The van der Waals surface area contributed by atoms with Gasteiger partial charge in [0, 0.05) is 6.07 Å². The summed E-state index contributed by atoms with van der Waals surface area (Å²) in [5, 5.41) is 5.06. The van der Waals surface area contributed by atoms with Crippen LogP contribution in [0.15, 0.2) is 47.3 Å². The number of furan rings is 1. The van der Waals surface area contributed by atoms with Crippen LogP contribution in [0.25, 0.3) is 0 Å². The number of aromatic nitrogens is 2. The minimum absolute atomic E-state index is 0.0823. The van der Waals surface area contributed by atoms with Crippen molar-refractivity contribution in [2.75, 3.05) is 10.6 Å². The first-order valence-electron chi connectivity index (χ1n) is 7.07. The molecule has 2 aromatic heterocycles. The third-order valence-corrected chi connectivity index (χ3v) is 3.21. The molecule has 25 heavy (non-hydrogen) atoms. The van der Waals surface area contributed by atoms with Gasteiger partial charge in [-0.3, -0.25) is 4.79 Å². The summed E-state index contributed by atoms with van der Waals surface area (Å²) in [5.74, 6) is -4.30. The highest BCUT2D eigenvalue weighted by molar-refractivity contribution is 6.03. The van der Waals surface area contributed by atoms with Crippen molar-refractivity contribution in [2.24, 2.45) is 0 Å². The number of carbonyl (C=O) groups is 1. The van der Waals surface area contributed by atoms with Gasteiger partial charge in [0.1, 0.15) is 23.6 Å². The van der Waals surface area contributed by atoms with Crippen molar-refractivity contribution in [3.63, 3.8) is 0 Å². The molecule has 9 heteroatoms. The fourth-order valence-electron chi connectivity index (χ4n) is 1.98. The van der Waals surface area contributed by atoms with Gasteiger partial charge >= 0.3 is 0 Å². The molecule has 0 atom stereocenters. The number of halogens is 3. The molecule has 2 N–H and O–H groups in total. The molecule has 0 bridgehead atoms. The van der Waals surface area contributed by atoms with Gasteiger partial charge in [-0.05, 0) is 24.3 Å². The molecule has 0 saturated carbocycles. The van der Waals surface area contributed by atoms with Crippen LogP contribution in [-0.2, 0) is 6.54 Å². The fraction of sp³-hybridized carbons (Fsp3) is 0.0625. The van der Waals surface area contributed by atoms with Crippen LogP contribution in [0, 0.1) is 17.5 Å². The molecule has 0 saturated heterocycles. The van der Waals surface area contributed by atoms with Crippen molar-refractivity contribution in [1.29, 1.82) is 0 Å². The predicted molar refractivity (Wildman–Crippen MR) is 82.3 cm³/mol. The van der Waals surface area contributed by atoms with Gasteiger partial charge in [0.2, 0.25) is 0 Å². The highest BCUT2D eigenvalue weighted by atomic mass is 19.2. The Hall–Kier alpha value is -3.36. The number of nitrogens with zero attached hydrogens (tertiary/aromatic N) is 2. The molecule has 3 aromatic rings. The predicted octanol–water partition coefficient (Wildman–Crippen LogP) is 3.35. The van der Waals surface area contributed by atoms with E-state index in [9.17, 15) is 18.0 Å². The second-order valence-corrected chi connectivity index (χ2v) is 4.90. The van der Waals surface area contributed by atoms with Crippen molar-refractivity contribution < 1.29 is 22.4 Å². The van der Waals surface area contributed by atoms with Crippen molar-refractivity contribution in [1.82, 2.24) is 9.97 Å². The number of benzene rings is 1. The lowest BCUT2D eigenvalue weighted by Crippen LogP contribution is -2.16. The summed E-state index contributed by atoms with van der Waals surface area (Å²) in [6.45, 7) is 0.336. The molecule has 0 aliphatic heterocycles. The average Bonchev–Trinajstić information content (AvgIpc) is 3.14. The highest BCUT2D eigenvalue weighted by Crippen LogP contribution is 2.20. The van der Waals surface area contributed by atoms with Crippen LogP contribution in [0.3, 0.4) is 0 Å². The Morgan fingerprint density at radius 3 is 2.72 bits per heavy atom. The molecule has 0 aliphatic rings. The fourth-order valence-corrected chi connectivity index (χ4v) is 1.98. The molecule has 128 valence electrons. The SMILES string of the molecule is O=C(Nc1ccc(F)c(F)c1F)c1cc(NCc2ccco2)ncn1. The molecule has 1 amide bonds. The van der Waals surface area contributed by atoms with Gasteiger partial charge < -0.3 is 15.1 Å². The lowest BCUT2D eigenvalue weighted by Gasteiger charge is -2.08. The molecule has 0 unspecified atom stereocenters. The Morgan fingerprint density at radius 1 is 1.12 bits per heavy atom. The van der Waals surface area contributed by atoms with Crippen molar-refractivity contribution in [3.05, 3.63) is 71.8 Å². The Bertz CT molecular complexity index is 900. The van der Waals surface area contributed by atoms with Crippen LogP contribution in [0.4, 0.5) is 24.7 Å². The number of amides is 1. The molecule has 0 radical (unpaired) electrons. The second-order valence-electron chi connectivity index (χ2n) is 4.90. The van der Waals surface area contributed by atoms with Crippen LogP contribution in [0.2, 0.25) is 0 Å². The number of anilines is 2. The van der Waals surface area contributed by atoms with Gasteiger partial charge in [-0.2, -0.15) is 0 Å². The maximum atomic E-state index is 13.6. The summed E-state index contributed by atoms with van der Waals surface area (Å²) in [7, 11) is 0. The molecule has 0 aliphatic carbocycles. The third-order valence-electron chi connectivity index (χ3n) is 3.21. The number of hydrogen-bond donors (Lipinski definition) is 2. The number of rotatable bonds is 5. The maximum Gasteiger partial charge on any atom is 0.274 e. The number of carbonyl (C=O) groups excluding carboxylic acids is 1. The molecule has 2 heterocycles. The summed E-state index contributed by atoms with van der Waals surface area (Å²) in [6.07, 6.45) is 2.66. The third kappa shape index (κ3) is 3.77. The van der Waals surface area contributed by atoms with Gasteiger partial charge in [-0.25, -0.2) is 23.1 Å². The number of nitrogens with one attached hydrogen (secondary N) is 2. The minimum Gasteiger partial charge on any atom is -0.467 e. The Kier molecular flexibility index (Phi) is 4.64. The lowest BCUT2D eigenvalue weighted by atomic mass is 10.2. The summed E-state index contributed by atoms with van der Waals surface area (Å²) in [4.78, 5) is 19.8. The first-order valence-corrected chi connectivity index (χ1v) is 7.07. The first kappa shape index (κ1) is 16.5. The monoisotopic (exact) mass is 348 g/mol. The minimum atomic E-state index is -1.67.